The topological polar surface area (TPSA) is 69.7 Å². The highest BCUT2D eigenvalue weighted by atomic mass is 35.5. The van der Waals surface area contributed by atoms with Crippen LogP contribution in [0.15, 0.2) is 65.6 Å². The summed E-state index contributed by atoms with van der Waals surface area (Å²) in [7, 11) is -4.00. The molecule has 0 spiro atoms. The molecule has 1 saturated heterocycles. The molecule has 0 radical (unpaired) electrons. The van der Waals surface area contributed by atoms with Gasteiger partial charge in [-0.15, -0.1) is 0 Å². The monoisotopic (exact) mass is 501 g/mol. The number of nitrogens with zero attached hydrogens (tertiary/aromatic N) is 2. The Morgan fingerprint density at radius 3 is 2.15 bits per heavy atom. The van der Waals surface area contributed by atoms with Crippen LogP contribution in [0.2, 0.25) is 5.02 Å². The van der Waals surface area contributed by atoms with E-state index in [1.165, 1.54) is 30.3 Å². The number of hydrogen-bond donors (Lipinski definition) is 1. The van der Waals surface area contributed by atoms with Gasteiger partial charge in [-0.2, -0.15) is 0 Å². The van der Waals surface area contributed by atoms with E-state index in [4.69, 9.17) is 11.6 Å². The summed E-state index contributed by atoms with van der Waals surface area (Å²) in [4.78, 5) is 16.7. The van der Waals surface area contributed by atoms with Crippen LogP contribution in [-0.2, 0) is 10.0 Å². The SMILES string of the molecule is Cc1cc(C)cc(NS(=O)(=O)c2cc(C(=O)N3CCN(c4ccc(F)cc4)CC3)ccc2Cl)c1. The Balaban J connectivity index is 1.50. The first-order chi connectivity index (χ1) is 16.1. The minimum absolute atomic E-state index is 0.0366. The predicted octanol–water partition coefficient (Wildman–Crippen LogP) is 4.86. The molecule has 0 saturated carbocycles. The van der Waals surface area contributed by atoms with Crippen molar-refractivity contribution in [2.45, 2.75) is 18.7 Å². The van der Waals surface area contributed by atoms with Gasteiger partial charge in [0.05, 0.1) is 5.02 Å². The quantitative estimate of drug-likeness (QED) is 0.542. The van der Waals surface area contributed by atoms with Crippen molar-refractivity contribution < 1.29 is 17.6 Å². The molecule has 4 rings (SSSR count). The molecule has 0 atom stereocenters. The molecule has 1 aliphatic heterocycles. The van der Waals surface area contributed by atoms with E-state index in [2.05, 4.69) is 9.62 Å². The van der Waals surface area contributed by atoms with E-state index < -0.39 is 10.0 Å². The number of rotatable bonds is 5. The van der Waals surface area contributed by atoms with Crippen LogP contribution in [0, 0.1) is 19.7 Å². The summed E-state index contributed by atoms with van der Waals surface area (Å²) in [6.45, 7) is 5.86. The standard InChI is InChI=1S/C25H25ClFN3O3S/c1-17-13-18(2)15-21(14-17)28-34(32,33)24-16-19(3-8-23(24)26)25(31)30-11-9-29(10-12-30)22-6-4-20(27)5-7-22/h3-8,13-16,28H,9-12H2,1-2H3. The maximum atomic E-state index is 13.2. The Hall–Kier alpha value is -3.10. The highest BCUT2D eigenvalue weighted by molar-refractivity contribution is 7.92. The third kappa shape index (κ3) is 5.34. The second-order valence-electron chi connectivity index (χ2n) is 8.38. The molecule has 0 bridgehead atoms. The van der Waals surface area contributed by atoms with Crippen LogP contribution in [-0.4, -0.2) is 45.4 Å². The van der Waals surface area contributed by atoms with Gasteiger partial charge in [0.15, 0.2) is 0 Å². The first-order valence-electron chi connectivity index (χ1n) is 10.8. The Labute approximate surface area is 204 Å². The van der Waals surface area contributed by atoms with E-state index in [1.807, 2.05) is 19.9 Å². The van der Waals surface area contributed by atoms with Crippen LogP contribution in [0.25, 0.3) is 0 Å². The fourth-order valence-electron chi connectivity index (χ4n) is 4.09. The summed E-state index contributed by atoms with van der Waals surface area (Å²) in [5.41, 5.74) is 3.42. The molecule has 6 nitrogen and oxygen atoms in total. The number of carbonyl (C=O) groups is 1. The van der Waals surface area contributed by atoms with Crippen molar-refractivity contribution in [3.63, 3.8) is 0 Å². The predicted molar refractivity (Wildman–Crippen MR) is 133 cm³/mol. The second-order valence-corrected chi connectivity index (χ2v) is 10.4. The number of carbonyl (C=O) groups excluding carboxylic acids is 1. The van der Waals surface area contributed by atoms with Gasteiger partial charge in [-0.1, -0.05) is 17.7 Å². The number of halogens is 2. The molecular formula is C25H25ClFN3O3S. The normalized spacial score (nSPS) is 14.2. The third-order valence-electron chi connectivity index (χ3n) is 5.70. The first-order valence-corrected chi connectivity index (χ1v) is 12.7. The van der Waals surface area contributed by atoms with Crippen LogP contribution in [0.1, 0.15) is 21.5 Å². The maximum absolute atomic E-state index is 13.2. The average molecular weight is 502 g/mol. The molecular weight excluding hydrogens is 477 g/mol. The van der Waals surface area contributed by atoms with Crippen LogP contribution in [0.3, 0.4) is 0 Å². The number of anilines is 2. The number of amides is 1. The smallest absolute Gasteiger partial charge is 0.263 e. The van der Waals surface area contributed by atoms with E-state index >= 15 is 0 Å². The van der Waals surface area contributed by atoms with E-state index in [-0.39, 0.29) is 27.2 Å². The lowest BCUT2D eigenvalue weighted by atomic mass is 10.1. The largest absolute Gasteiger partial charge is 0.368 e. The highest BCUT2D eigenvalue weighted by Crippen LogP contribution is 2.27. The van der Waals surface area contributed by atoms with Gasteiger partial charge in [0.25, 0.3) is 15.9 Å². The van der Waals surface area contributed by atoms with E-state index in [0.717, 1.165) is 16.8 Å². The zero-order chi connectivity index (χ0) is 24.5. The molecule has 1 heterocycles. The van der Waals surface area contributed by atoms with Gasteiger partial charge in [-0.3, -0.25) is 9.52 Å². The number of nitrogens with one attached hydrogen (secondary N) is 1. The van der Waals surface area contributed by atoms with Crippen molar-refractivity contribution in [2.24, 2.45) is 0 Å². The van der Waals surface area contributed by atoms with Gasteiger partial charge in [0.2, 0.25) is 0 Å². The fraction of sp³-hybridized carbons (Fsp3) is 0.240. The third-order valence-corrected chi connectivity index (χ3v) is 7.56. The Morgan fingerprint density at radius 2 is 1.53 bits per heavy atom. The van der Waals surface area contributed by atoms with Gasteiger partial charge in [0, 0.05) is 43.1 Å². The van der Waals surface area contributed by atoms with Crippen molar-refractivity contribution in [3.8, 4) is 0 Å². The van der Waals surface area contributed by atoms with E-state index in [1.54, 1.807) is 29.2 Å². The molecule has 1 fully saturated rings. The number of sulfonamides is 1. The molecule has 1 aliphatic rings. The van der Waals surface area contributed by atoms with Gasteiger partial charge in [0.1, 0.15) is 10.7 Å². The van der Waals surface area contributed by atoms with Crippen LogP contribution >= 0.6 is 11.6 Å². The molecule has 0 aromatic heterocycles. The molecule has 34 heavy (non-hydrogen) atoms. The molecule has 0 unspecified atom stereocenters. The van der Waals surface area contributed by atoms with Crippen LogP contribution in [0.5, 0.6) is 0 Å². The van der Waals surface area contributed by atoms with Crippen molar-refractivity contribution >= 4 is 38.9 Å². The van der Waals surface area contributed by atoms with Crippen LogP contribution in [0.4, 0.5) is 15.8 Å². The number of benzene rings is 3. The lowest BCUT2D eigenvalue weighted by molar-refractivity contribution is 0.0746. The number of hydrogen-bond acceptors (Lipinski definition) is 4. The Morgan fingerprint density at radius 1 is 0.912 bits per heavy atom. The minimum Gasteiger partial charge on any atom is -0.368 e. The summed E-state index contributed by atoms with van der Waals surface area (Å²) in [6, 6.07) is 15.9. The maximum Gasteiger partial charge on any atom is 0.263 e. The first kappa shape index (κ1) is 24.0. The average Bonchev–Trinajstić information content (AvgIpc) is 2.78. The number of aryl methyl sites for hydroxylation is 2. The molecule has 3 aromatic rings. The molecule has 0 aliphatic carbocycles. The highest BCUT2D eigenvalue weighted by Gasteiger charge is 2.25. The van der Waals surface area contributed by atoms with Gasteiger partial charge in [-0.25, -0.2) is 12.8 Å². The Bertz CT molecular complexity index is 1300. The summed E-state index contributed by atoms with van der Waals surface area (Å²) in [5, 5.41) is 0.0366. The lowest BCUT2D eigenvalue weighted by Crippen LogP contribution is -2.48. The summed E-state index contributed by atoms with van der Waals surface area (Å²) in [5.74, 6) is -0.559. The zero-order valence-corrected chi connectivity index (χ0v) is 20.5. The van der Waals surface area contributed by atoms with Crippen molar-refractivity contribution in [2.75, 3.05) is 35.8 Å². The summed E-state index contributed by atoms with van der Waals surface area (Å²) >= 11 is 6.22. The molecule has 1 N–H and O–H groups in total. The van der Waals surface area contributed by atoms with Gasteiger partial charge < -0.3 is 9.80 Å². The summed E-state index contributed by atoms with van der Waals surface area (Å²) in [6.07, 6.45) is 0. The Kier molecular flexibility index (Phi) is 6.81. The molecule has 9 heteroatoms. The van der Waals surface area contributed by atoms with Crippen molar-refractivity contribution in [1.29, 1.82) is 0 Å². The number of piperazine rings is 1. The van der Waals surface area contributed by atoms with E-state index in [0.29, 0.717) is 31.9 Å². The van der Waals surface area contributed by atoms with Gasteiger partial charge in [-0.05, 0) is 79.6 Å². The van der Waals surface area contributed by atoms with Gasteiger partial charge >= 0.3 is 0 Å². The summed E-state index contributed by atoms with van der Waals surface area (Å²) < 4.78 is 41.9. The minimum atomic E-state index is -4.00. The second kappa shape index (κ2) is 9.64. The van der Waals surface area contributed by atoms with Crippen molar-refractivity contribution in [3.05, 3.63) is 88.2 Å². The van der Waals surface area contributed by atoms with E-state index in [9.17, 15) is 17.6 Å². The fourth-order valence-corrected chi connectivity index (χ4v) is 5.66. The van der Waals surface area contributed by atoms with Crippen LogP contribution < -0.4 is 9.62 Å². The molecule has 178 valence electrons. The zero-order valence-electron chi connectivity index (χ0n) is 18.9. The molecule has 3 aromatic carbocycles. The molecule has 1 amide bonds. The van der Waals surface area contributed by atoms with Crippen molar-refractivity contribution in [1.82, 2.24) is 4.90 Å². The lowest BCUT2D eigenvalue weighted by Gasteiger charge is -2.36.